The molecular formula is C25H28N2O5S2. The Morgan fingerprint density at radius 3 is 2.21 bits per heavy atom. The number of fused-ring (bicyclic) bond motifs is 1. The van der Waals surface area contributed by atoms with E-state index in [9.17, 15) is 22.4 Å². The topological polar surface area (TPSA) is 114 Å². The quantitative estimate of drug-likeness (QED) is 0.153. The zero-order chi connectivity index (χ0) is 25.1. The molecule has 0 N–H and O–H groups in total. The fourth-order valence-corrected chi connectivity index (χ4v) is 6.93. The van der Waals surface area contributed by atoms with Gasteiger partial charge in [-0.15, -0.1) is 4.79 Å². The number of sulfone groups is 2. The Balaban J connectivity index is 2.18. The maximum atomic E-state index is 13.6. The first kappa shape index (κ1) is 25.6. The number of hydrogen-bond donors (Lipinski definition) is 0. The SMILES string of the molecule is CCCCOc1ccc(C(C)(C)C)cc1S(=O)(=O)C(=[N+]=[N-])S(=O)(=O)c1ccc2ccccc2c1. The lowest BCUT2D eigenvalue weighted by atomic mass is 9.87. The van der Waals surface area contributed by atoms with Gasteiger partial charge in [0.05, 0.1) is 11.5 Å². The van der Waals surface area contributed by atoms with Crippen molar-refractivity contribution in [2.24, 2.45) is 0 Å². The highest BCUT2D eigenvalue weighted by Gasteiger charge is 2.45. The summed E-state index contributed by atoms with van der Waals surface area (Å²) >= 11 is 0. The molecule has 0 saturated carbocycles. The molecule has 7 nitrogen and oxygen atoms in total. The minimum atomic E-state index is -4.77. The highest BCUT2D eigenvalue weighted by molar-refractivity contribution is 8.31. The van der Waals surface area contributed by atoms with Gasteiger partial charge in [0.25, 0.3) is 19.7 Å². The molecule has 0 amide bonds. The number of nitrogens with zero attached hydrogens (tertiary/aromatic N) is 2. The second-order valence-electron chi connectivity index (χ2n) is 9.00. The second kappa shape index (κ2) is 9.70. The van der Waals surface area contributed by atoms with E-state index < -0.39 is 29.5 Å². The summed E-state index contributed by atoms with van der Waals surface area (Å²) in [6.45, 7) is 7.95. The van der Waals surface area contributed by atoms with E-state index in [1.165, 1.54) is 24.3 Å². The Morgan fingerprint density at radius 2 is 1.59 bits per heavy atom. The van der Waals surface area contributed by atoms with Gasteiger partial charge >= 0.3 is 4.38 Å². The molecule has 9 heteroatoms. The minimum absolute atomic E-state index is 0.0105. The minimum Gasteiger partial charge on any atom is -0.492 e. The molecule has 34 heavy (non-hydrogen) atoms. The van der Waals surface area contributed by atoms with Crippen molar-refractivity contribution in [3.05, 3.63) is 71.8 Å². The lowest BCUT2D eigenvalue weighted by molar-refractivity contribution is 0.00378. The molecule has 0 spiro atoms. The fourth-order valence-electron chi connectivity index (χ4n) is 3.41. The van der Waals surface area contributed by atoms with Crippen molar-refractivity contribution in [1.82, 2.24) is 0 Å². The fraction of sp³-hybridized carbons (Fsp3) is 0.320. The van der Waals surface area contributed by atoms with Gasteiger partial charge in [0, 0.05) is 0 Å². The molecule has 0 radical (unpaired) electrons. The van der Waals surface area contributed by atoms with Gasteiger partial charge in [0.2, 0.25) is 0 Å². The van der Waals surface area contributed by atoms with Crippen molar-refractivity contribution in [2.75, 3.05) is 6.61 Å². The predicted octanol–water partition coefficient (Wildman–Crippen LogP) is 5.15. The van der Waals surface area contributed by atoms with Gasteiger partial charge in [-0.1, -0.05) is 70.5 Å². The van der Waals surface area contributed by atoms with Crippen LogP contribution in [-0.4, -0.2) is 32.6 Å². The van der Waals surface area contributed by atoms with Crippen molar-refractivity contribution < 1.29 is 26.4 Å². The third-order valence-electron chi connectivity index (χ3n) is 5.43. The molecular weight excluding hydrogens is 472 g/mol. The lowest BCUT2D eigenvalue weighted by Crippen LogP contribution is -2.27. The van der Waals surface area contributed by atoms with E-state index in [1.54, 1.807) is 30.3 Å². The summed E-state index contributed by atoms with van der Waals surface area (Å²) in [6.07, 6.45) is 1.53. The van der Waals surface area contributed by atoms with Crippen LogP contribution in [0.4, 0.5) is 0 Å². The van der Waals surface area contributed by atoms with Gasteiger partial charge in [-0.3, -0.25) is 0 Å². The van der Waals surface area contributed by atoms with Crippen LogP contribution in [-0.2, 0) is 25.1 Å². The summed E-state index contributed by atoms with van der Waals surface area (Å²) in [7, 11) is -9.46. The summed E-state index contributed by atoms with van der Waals surface area (Å²) in [5, 5.41) is 1.40. The van der Waals surface area contributed by atoms with Crippen LogP contribution in [0.25, 0.3) is 16.3 Å². The third-order valence-corrected chi connectivity index (χ3v) is 9.60. The first-order valence-electron chi connectivity index (χ1n) is 10.9. The van der Waals surface area contributed by atoms with Crippen LogP contribution in [0, 0.1) is 0 Å². The van der Waals surface area contributed by atoms with E-state index in [2.05, 4.69) is 4.79 Å². The van der Waals surface area contributed by atoms with Crippen molar-refractivity contribution >= 4 is 34.8 Å². The van der Waals surface area contributed by atoms with Crippen LogP contribution in [0.1, 0.15) is 46.1 Å². The van der Waals surface area contributed by atoms with Crippen molar-refractivity contribution in [3.8, 4) is 5.75 Å². The molecule has 0 aliphatic carbocycles. The lowest BCUT2D eigenvalue weighted by Gasteiger charge is -2.21. The maximum Gasteiger partial charge on any atom is 0.504 e. The zero-order valence-corrected chi connectivity index (χ0v) is 21.3. The Labute approximate surface area is 200 Å². The molecule has 3 aromatic rings. The Morgan fingerprint density at radius 1 is 0.912 bits per heavy atom. The molecule has 0 fully saturated rings. The smallest absolute Gasteiger partial charge is 0.492 e. The number of rotatable bonds is 6. The van der Waals surface area contributed by atoms with Crippen LogP contribution in [0.5, 0.6) is 5.75 Å². The Hall–Kier alpha value is -3.00. The predicted molar refractivity (Wildman–Crippen MR) is 132 cm³/mol. The van der Waals surface area contributed by atoms with E-state index in [4.69, 9.17) is 4.74 Å². The Bertz CT molecular complexity index is 1480. The monoisotopic (exact) mass is 500 g/mol. The van der Waals surface area contributed by atoms with Gasteiger partial charge in [-0.25, -0.2) is 16.8 Å². The molecule has 0 bridgehead atoms. The van der Waals surface area contributed by atoms with Crippen LogP contribution in [0.3, 0.4) is 0 Å². The second-order valence-corrected chi connectivity index (χ2v) is 13.0. The summed E-state index contributed by atoms with van der Waals surface area (Å²) in [4.78, 5) is 2.14. The van der Waals surface area contributed by atoms with E-state index >= 15 is 0 Å². The van der Waals surface area contributed by atoms with Crippen LogP contribution < -0.4 is 4.74 Å². The molecule has 3 rings (SSSR count). The van der Waals surface area contributed by atoms with Crippen molar-refractivity contribution in [2.45, 2.75) is 55.7 Å². The number of ether oxygens (including phenoxy) is 1. The molecule has 0 aliphatic rings. The summed E-state index contributed by atoms with van der Waals surface area (Å²) in [6, 6.07) is 15.9. The van der Waals surface area contributed by atoms with E-state index in [1.807, 2.05) is 33.8 Å². The van der Waals surface area contributed by atoms with Gasteiger partial charge in [0.15, 0.2) is 0 Å². The van der Waals surface area contributed by atoms with Gasteiger partial charge in [-0.2, -0.15) is 0 Å². The van der Waals surface area contributed by atoms with Crippen LogP contribution >= 0.6 is 0 Å². The molecule has 0 heterocycles. The van der Waals surface area contributed by atoms with E-state index in [-0.39, 0.29) is 22.1 Å². The molecule has 0 unspecified atom stereocenters. The normalized spacial score (nSPS) is 12.4. The summed E-state index contributed by atoms with van der Waals surface area (Å²) in [5.41, 5.74) is 9.90. The maximum absolute atomic E-state index is 13.6. The molecule has 0 aromatic heterocycles. The van der Waals surface area contributed by atoms with Gasteiger partial charge in [-0.05, 0) is 52.4 Å². The zero-order valence-electron chi connectivity index (χ0n) is 19.6. The average Bonchev–Trinajstić information content (AvgIpc) is 2.78. The number of benzene rings is 3. The van der Waals surface area contributed by atoms with Gasteiger partial charge < -0.3 is 10.3 Å². The highest BCUT2D eigenvalue weighted by atomic mass is 32.3. The van der Waals surface area contributed by atoms with Crippen LogP contribution in [0.2, 0.25) is 0 Å². The molecule has 0 saturated heterocycles. The Kier molecular flexibility index (Phi) is 7.31. The molecule has 180 valence electrons. The third kappa shape index (κ3) is 5.06. The number of hydrogen-bond acceptors (Lipinski definition) is 5. The average molecular weight is 501 g/mol. The standard InChI is InChI=1S/C25H28N2O5S2/c1-5-6-15-32-22-14-12-20(25(2,3)4)17-23(22)34(30,31)24(27-26)33(28,29)21-13-11-18-9-7-8-10-19(18)16-21/h7-14,16-17H,5-6,15H2,1-4H3. The van der Waals surface area contributed by atoms with Crippen molar-refractivity contribution in [1.29, 1.82) is 0 Å². The number of unbranched alkanes of at least 4 members (excludes halogenated alkanes) is 1. The van der Waals surface area contributed by atoms with Crippen LogP contribution in [0.15, 0.2) is 70.5 Å². The largest absolute Gasteiger partial charge is 0.504 e. The van der Waals surface area contributed by atoms with Crippen molar-refractivity contribution in [3.63, 3.8) is 0 Å². The molecule has 0 atom stereocenters. The summed E-state index contributed by atoms with van der Waals surface area (Å²) < 4.78 is 58.3. The first-order chi connectivity index (χ1) is 15.9. The molecule has 3 aromatic carbocycles. The van der Waals surface area contributed by atoms with E-state index in [0.717, 1.165) is 11.8 Å². The van der Waals surface area contributed by atoms with E-state index in [0.29, 0.717) is 17.4 Å². The van der Waals surface area contributed by atoms with Gasteiger partial charge in [0.1, 0.15) is 10.6 Å². The first-order valence-corrected chi connectivity index (χ1v) is 13.9. The summed E-state index contributed by atoms with van der Waals surface area (Å²) in [5.74, 6) is 0.0105. The highest BCUT2D eigenvalue weighted by Crippen LogP contribution is 2.33. The molecule has 0 aliphatic heterocycles.